The molecule has 0 amide bonds. The average Bonchev–Trinajstić information content (AvgIpc) is 3.54. The van der Waals surface area contributed by atoms with E-state index >= 15 is 0 Å². The number of piperidine rings is 1. The van der Waals surface area contributed by atoms with E-state index in [-0.39, 0.29) is 5.97 Å². The summed E-state index contributed by atoms with van der Waals surface area (Å²) in [7, 11) is 1.43. The van der Waals surface area contributed by atoms with Crippen LogP contribution in [0, 0.1) is 0 Å². The maximum atomic E-state index is 12.6. The fourth-order valence-electron chi connectivity index (χ4n) is 7.12. The lowest BCUT2D eigenvalue weighted by molar-refractivity contribution is 0.0603. The van der Waals surface area contributed by atoms with Crippen molar-refractivity contribution in [2.24, 2.45) is 0 Å². The van der Waals surface area contributed by atoms with E-state index < -0.39 is 0 Å². The predicted molar refractivity (Wildman–Crippen MR) is 172 cm³/mol. The van der Waals surface area contributed by atoms with Crippen LogP contribution < -0.4 is 10.2 Å². The molecule has 10 heteroatoms. The Bertz CT molecular complexity index is 1850. The number of anilines is 1. The van der Waals surface area contributed by atoms with Crippen LogP contribution in [0.4, 0.5) is 5.13 Å². The Hall–Kier alpha value is -3.17. The average molecular weight is 634 g/mol. The van der Waals surface area contributed by atoms with Gasteiger partial charge < -0.3 is 19.5 Å². The molecule has 7 nitrogen and oxygen atoms in total. The third-order valence-corrected chi connectivity index (χ3v) is 10.9. The zero-order chi connectivity index (χ0) is 29.2. The number of halogens is 2. The van der Waals surface area contributed by atoms with Crippen LogP contribution in [-0.2, 0) is 11.3 Å². The number of hydrogen-bond donors (Lipinski definition) is 1. The van der Waals surface area contributed by atoms with E-state index in [2.05, 4.69) is 15.4 Å². The van der Waals surface area contributed by atoms with Gasteiger partial charge in [-0.2, -0.15) is 0 Å². The molecule has 43 heavy (non-hydrogen) atoms. The van der Waals surface area contributed by atoms with Crippen molar-refractivity contribution in [3.05, 3.63) is 75.5 Å². The van der Waals surface area contributed by atoms with Gasteiger partial charge in [0.05, 0.1) is 32.9 Å². The summed E-state index contributed by atoms with van der Waals surface area (Å²) in [4.78, 5) is 20.3. The molecule has 0 radical (unpaired) electrons. The second kappa shape index (κ2) is 10.8. The van der Waals surface area contributed by atoms with Crippen LogP contribution in [0.25, 0.3) is 32.2 Å². The number of nitrogens with one attached hydrogen (secondary N) is 1. The van der Waals surface area contributed by atoms with E-state index in [1.54, 1.807) is 11.3 Å². The fourth-order valence-corrected chi connectivity index (χ4v) is 8.86. The minimum absolute atomic E-state index is 0.322. The molecule has 2 bridgehead atoms. The van der Waals surface area contributed by atoms with E-state index in [1.807, 2.05) is 48.5 Å². The van der Waals surface area contributed by atoms with E-state index in [1.165, 1.54) is 7.11 Å². The first-order valence-electron chi connectivity index (χ1n) is 14.8. The van der Waals surface area contributed by atoms with Crippen LogP contribution in [0.5, 0.6) is 0 Å². The number of hydrogen-bond acceptors (Lipinski definition) is 8. The number of ether oxygens (including phenoxy) is 1. The highest BCUT2D eigenvalue weighted by molar-refractivity contribution is 7.22. The van der Waals surface area contributed by atoms with Crippen molar-refractivity contribution in [1.82, 2.24) is 15.5 Å². The van der Waals surface area contributed by atoms with E-state index in [0.717, 1.165) is 87.2 Å². The molecule has 220 valence electrons. The monoisotopic (exact) mass is 632 g/mol. The quantitative estimate of drug-likeness (QED) is 0.181. The van der Waals surface area contributed by atoms with Crippen LogP contribution in [0.3, 0.4) is 0 Å². The number of aromatic nitrogens is 2. The third kappa shape index (κ3) is 4.70. The van der Waals surface area contributed by atoms with Crippen molar-refractivity contribution in [2.45, 2.75) is 69.1 Å². The number of benzene rings is 3. The Morgan fingerprint density at radius 3 is 2.47 bits per heavy atom. The summed E-state index contributed by atoms with van der Waals surface area (Å²) in [5.74, 6) is 1.07. The van der Waals surface area contributed by atoms with Gasteiger partial charge in [-0.15, -0.1) is 0 Å². The molecule has 3 aliphatic rings. The molecule has 2 aliphatic heterocycles. The zero-order valence-corrected chi connectivity index (χ0v) is 25.9. The molecule has 3 aromatic carbocycles. The summed E-state index contributed by atoms with van der Waals surface area (Å²) < 4.78 is 12.0. The molecular weight excluding hydrogens is 603 g/mol. The van der Waals surface area contributed by atoms with Gasteiger partial charge >= 0.3 is 5.97 Å². The molecule has 1 saturated carbocycles. The van der Waals surface area contributed by atoms with Crippen molar-refractivity contribution in [3.8, 4) is 11.3 Å². The topological polar surface area (TPSA) is 80.5 Å². The molecule has 4 heterocycles. The van der Waals surface area contributed by atoms with Crippen molar-refractivity contribution in [3.63, 3.8) is 0 Å². The Morgan fingerprint density at radius 1 is 1.05 bits per heavy atom. The van der Waals surface area contributed by atoms with Crippen LogP contribution >= 0.6 is 34.5 Å². The second-order valence-electron chi connectivity index (χ2n) is 11.9. The smallest absolute Gasteiger partial charge is 0.338 e. The SMILES string of the molecule is COC(=O)c1cc2sc(N3C4CCC3CC(NCc3c(-c5c(Cl)cccc5Cl)noc3C3CC3)C4)nc2c2ccccc12. The van der Waals surface area contributed by atoms with Gasteiger partial charge in [0, 0.05) is 47.1 Å². The first kappa shape index (κ1) is 27.4. The Labute approximate surface area is 263 Å². The summed E-state index contributed by atoms with van der Waals surface area (Å²) in [6.45, 7) is 0.666. The Morgan fingerprint density at radius 2 is 1.77 bits per heavy atom. The molecule has 3 fully saturated rings. The second-order valence-corrected chi connectivity index (χ2v) is 13.7. The highest BCUT2D eigenvalue weighted by Crippen LogP contribution is 2.47. The molecule has 2 atom stereocenters. The number of rotatable bonds is 7. The normalized spacial score (nSPS) is 21.7. The van der Waals surface area contributed by atoms with Gasteiger partial charge in [-0.1, -0.05) is 70.0 Å². The van der Waals surface area contributed by atoms with Gasteiger partial charge in [-0.25, -0.2) is 9.78 Å². The minimum atomic E-state index is -0.322. The fraction of sp³-hybridized carbons (Fsp3) is 0.364. The van der Waals surface area contributed by atoms with Gasteiger partial charge in [0.25, 0.3) is 0 Å². The van der Waals surface area contributed by atoms with Crippen LogP contribution in [0.2, 0.25) is 10.0 Å². The summed E-state index contributed by atoms with van der Waals surface area (Å²) in [5.41, 5.74) is 4.11. The van der Waals surface area contributed by atoms with Crippen LogP contribution in [-0.4, -0.2) is 41.3 Å². The molecule has 5 aromatic rings. The number of methoxy groups -OCH3 is 1. The molecule has 2 aromatic heterocycles. The van der Waals surface area contributed by atoms with Crippen molar-refractivity contribution >= 4 is 66.6 Å². The summed E-state index contributed by atoms with van der Waals surface area (Å²) >= 11 is 14.8. The lowest BCUT2D eigenvalue weighted by Gasteiger charge is -2.39. The lowest BCUT2D eigenvalue weighted by atomic mass is 9.97. The first-order valence-corrected chi connectivity index (χ1v) is 16.4. The van der Waals surface area contributed by atoms with Crippen LogP contribution in [0.15, 0.2) is 53.1 Å². The molecule has 0 spiro atoms. The maximum Gasteiger partial charge on any atom is 0.338 e. The number of nitrogens with zero attached hydrogens (tertiary/aromatic N) is 3. The van der Waals surface area contributed by atoms with Crippen LogP contribution in [0.1, 0.15) is 66.1 Å². The number of thiazole rings is 1. The number of carbonyl (C=O) groups is 1. The molecule has 2 unspecified atom stereocenters. The molecule has 8 rings (SSSR count). The van der Waals surface area contributed by atoms with Gasteiger partial charge in [-0.3, -0.25) is 0 Å². The van der Waals surface area contributed by atoms with E-state index in [9.17, 15) is 4.79 Å². The summed E-state index contributed by atoms with van der Waals surface area (Å²) in [6, 6.07) is 16.6. The lowest BCUT2D eigenvalue weighted by Crippen LogP contribution is -2.49. The number of carbonyl (C=O) groups excluding carboxylic acids is 1. The molecule has 1 aliphatic carbocycles. The van der Waals surface area contributed by atoms with Gasteiger partial charge in [0.1, 0.15) is 11.5 Å². The van der Waals surface area contributed by atoms with E-state index in [4.69, 9.17) is 37.4 Å². The third-order valence-electron chi connectivity index (χ3n) is 9.28. The summed E-state index contributed by atoms with van der Waals surface area (Å²) in [5, 5.41) is 12.4. The Balaban J connectivity index is 1.05. The zero-order valence-electron chi connectivity index (χ0n) is 23.6. The van der Waals surface area contributed by atoms with E-state index in [0.29, 0.717) is 46.2 Å². The highest BCUT2D eigenvalue weighted by atomic mass is 35.5. The van der Waals surface area contributed by atoms with Gasteiger partial charge in [-0.05, 0) is 62.1 Å². The molecular formula is C33H30Cl2N4O3S. The maximum absolute atomic E-state index is 12.6. The largest absolute Gasteiger partial charge is 0.465 e. The van der Waals surface area contributed by atoms with Gasteiger partial charge in [0.2, 0.25) is 0 Å². The van der Waals surface area contributed by atoms with Crippen molar-refractivity contribution in [2.75, 3.05) is 12.0 Å². The molecule has 2 saturated heterocycles. The van der Waals surface area contributed by atoms with Crippen molar-refractivity contribution in [1.29, 1.82) is 0 Å². The number of esters is 1. The molecule has 1 N–H and O–H groups in total. The minimum Gasteiger partial charge on any atom is -0.465 e. The highest BCUT2D eigenvalue weighted by Gasteiger charge is 2.42. The first-order chi connectivity index (χ1) is 21.0. The number of fused-ring (bicyclic) bond motifs is 5. The van der Waals surface area contributed by atoms with Gasteiger partial charge in [0.15, 0.2) is 5.13 Å². The standard InChI is InChI=1S/C33H30Cl2N4O3S/c1-41-32(40)23-15-27-29(22-6-3-2-5-21(22)23)37-33(43-27)39-19-11-12-20(39)14-18(13-19)36-16-24-30(38-42-31(24)17-9-10-17)28-25(34)7-4-8-26(28)35/h2-8,15,17-20,36H,9-14,16H2,1H3. The Kier molecular flexibility index (Phi) is 6.86. The van der Waals surface area contributed by atoms with Crippen molar-refractivity contribution < 1.29 is 14.1 Å². The predicted octanol–water partition coefficient (Wildman–Crippen LogP) is 8.36. The summed E-state index contributed by atoms with van der Waals surface area (Å²) in [6.07, 6.45) is 6.61.